The van der Waals surface area contributed by atoms with Crippen LogP contribution in [0.5, 0.6) is 0 Å². The van der Waals surface area contributed by atoms with Crippen LogP contribution in [0.2, 0.25) is 10.0 Å². The van der Waals surface area contributed by atoms with Crippen LogP contribution in [0.15, 0.2) is 59.0 Å². The van der Waals surface area contributed by atoms with Crippen molar-refractivity contribution in [3.05, 3.63) is 76.0 Å². The molecule has 1 aromatic heterocycles. The van der Waals surface area contributed by atoms with Crippen molar-refractivity contribution in [2.75, 3.05) is 12.4 Å². The van der Waals surface area contributed by atoms with Crippen molar-refractivity contribution < 1.29 is 14.0 Å². The van der Waals surface area contributed by atoms with Crippen LogP contribution in [-0.2, 0) is 11.3 Å². The summed E-state index contributed by atoms with van der Waals surface area (Å²) in [6, 6.07) is 15.1. The summed E-state index contributed by atoms with van der Waals surface area (Å²) >= 11 is 12.3. The molecule has 3 rings (SSSR count). The lowest BCUT2D eigenvalue weighted by Crippen LogP contribution is -2.38. The van der Waals surface area contributed by atoms with Gasteiger partial charge in [0, 0.05) is 17.6 Å². The normalized spacial score (nSPS) is 11.7. The van der Waals surface area contributed by atoms with Crippen LogP contribution in [-0.4, -0.2) is 24.9 Å². The van der Waals surface area contributed by atoms with E-state index < -0.39 is 6.04 Å². The van der Waals surface area contributed by atoms with Gasteiger partial charge in [-0.2, -0.15) is 0 Å². The Morgan fingerprint density at radius 1 is 1.07 bits per heavy atom. The largest absolute Gasteiger partial charge is 0.460 e. The number of hydrogen-bond donors (Lipinski definition) is 3. The third kappa shape index (κ3) is 5.21. The number of anilines is 1. The Bertz CT molecular complexity index is 1070. The minimum absolute atomic E-state index is 0.268. The van der Waals surface area contributed by atoms with E-state index in [1.165, 1.54) is 0 Å². The van der Waals surface area contributed by atoms with Gasteiger partial charge in [-0.25, -0.2) is 0 Å². The van der Waals surface area contributed by atoms with Crippen molar-refractivity contribution in [3.63, 3.8) is 0 Å². The van der Waals surface area contributed by atoms with Gasteiger partial charge < -0.3 is 15.1 Å². The van der Waals surface area contributed by atoms with E-state index in [-0.39, 0.29) is 11.8 Å². The summed E-state index contributed by atoms with van der Waals surface area (Å²) in [6.07, 6.45) is 0. The van der Waals surface area contributed by atoms with Gasteiger partial charge in [0.05, 0.1) is 28.9 Å². The minimum atomic E-state index is -0.522. The fourth-order valence-corrected chi connectivity index (χ4v) is 3.20. The molecule has 0 saturated heterocycles. The topological polar surface area (TPSA) is 83.4 Å². The van der Waals surface area contributed by atoms with Gasteiger partial charge in [0.1, 0.15) is 11.5 Å². The second-order valence-electron chi connectivity index (χ2n) is 6.61. The first-order chi connectivity index (χ1) is 14.4. The maximum absolute atomic E-state index is 12.5. The van der Waals surface area contributed by atoms with Gasteiger partial charge in [0.25, 0.3) is 5.91 Å². The standard InChI is InChI=1S/C22H21Cl2N3O3/c1-13(21(28)27-19-6-4-3-5-16(19)22(29)25-2)26-12-15-8-10-20(30-15)17-11-14(23)7-9-18(17)24/h3-11,13,26H,12H2,1-2H3,(H,25,29)(H,27,28)/t13-/m1/s1. The quantitative estimate of drug-likeness (QED) is 0.490. The fraction of sp³-hybridized carbons (Fsp3) is 0.182. The van der Waals surface area contributed by atoms with E-state index in [0.29, 0.717) is 44.9 Å². The zero-order valence-corrected chi connectivity index (χ0v) is 18.0. The second kappa shape index (κ2) is 9.80. The van der Waals surface area contributed by atoms with Crippen LogP contribution in [0.1, 0.15) is 23.0 Å². The molecule has 30 heavy (non-hydrogen) atoms. The van der Waals surface area contributed by atoms with E-state index in [1.54, 1.807) is 62.5 Å². The Kier molecular flexibility index (Phi) is 7.15. The second-order valence-corrected chi connectivity index (χ2v) is 7.45. The lowest BCUT2D eigenvalue weighted by molar-refractivity contribution is -0.117. The van der Waals surface area contributed by atoms with Crippen LogP contribution in [0.4, 0.5) is 5.69 Å². The number of amides is 2. The molecule has 6 nitrogen and oxygen atoms in total. The third-order valence-electron chi connectivity index (χ3n) is 4.49. The molecule has 3 N–H and O–H groups in total. The zero-order valence-electron chi connectivity index (χ0n) is 16.5. The third-order valence-corrected chi connectivity index (χ3v) is 5.05. The van der Waals surface area contributed by atoms with Crippen LogP contribution in [0.25, 0.3) is 11.3 Å². The van der Waals surface area contributed by atoms with Crippen LogP contribution >= 0.6 is 23.2 Å². The summed E-state index contributed by atoms with van der Waals surface area (Å²) < 4.78 is 5.83. The SMILES string of the molecule is CNC(=O)c1ccccc1NC(=O)[C@@H](C)NCc1ccc(-c2cc(Cl)ccc2Cl)o1. The number of rotatable bonds is 7. The molecular formula is C22H21Cl2N3O3. The average Bonchev–Trinajstić information content (AvgIpc) is 3.22. The summed E-state index contributed by atoms with van der Waals surface area (Å²) in [5.41, 5.74) is 1.55. The maximum Gasteiger partial charge on any atom is 0.253 e. The molecule has 1 heterocycles. The molecule has 0 unspecified atom stereocenters. The fourth-order valence-electron chi connectivity index (χ4n) is 2.82. The van der Waals surface area contributed by atoms with E-state index in [0.717, 1.165) is 0 Å². The predicted octanol–water partition coefficient (Wildman–Crippen LogP) is 4.73. The van der Waals surface area contributed by atoms with Gasteiger partial charge >= 0.3 is 0 Å². The molecule has 0 bridgehead atoms. The highest BCUT2D eigenvalue weighted by Gasteiger charge is 2.17. The Morgan fingerprint density at radius 2 is 1.83 bits per heavy atom. The molecule has 0 aliphatic heterocycles. The number of benzene rings is 2. The van der Waals surface area contributed by atoms with Gasteiger partial charge in [0.15, 0.2) is 0 Å². The highest BCUT2D eigenvalue weighted by atomic mass is 35.5. The molecule has 2 aromatic carbocycles. The van der Waals surface area contributed by atoms with Gasteiger partial charge in [-0.3, -0.25) is 14.9 Å². The van der Waals surface area contributed by atoms with E-state index in [2.05, 4.69) is 16.0 Å². The lowest BCUT2D eigenvalue weighted by Gasteiger charge is -2.15. The molecule has 0 aliphatic carbocycles. The summed E-state index contributed by atoms with van der Waals surface area (Å²) in [6.45, 7) is 2.07. The van der Waals surface area contributed by atoms with Crippen LogP contribution in [0, 0.1) is 0 Å². The Morgan fingerprint density at radius 3 is 2.60 bits per heavy atom. The van der Waals surface area contributed by atoms with Gasteiger partial charge in [-0.15, -0.1) is 0 Å². The number of furan rings is 1. The van der Waals surface area contributed by atoms with Crippen LogP contribution in [0.3, 0.4) is 0 Å². The smallest absolute Gasteiger partial charge is 0.253 e. The predicted molar refractivity (Wildman–Crippen MR) is 119 cm³/mol. The van der Waals surface area contributed by atoms with Gasteiger partial charge in [-0.1, -0.05) is 35.3 Å². The summed E-state index contributed by atoms with van der Waals surface area (Å²) in [4.78, 5) is 24.5. The van der Waals surface area contributed by atoms with Crippen molar-refractivity contribution in [2.24, 2.45) is 0 Å². The summed E-state index contributed by atoms with van der Waals surface area (Å²) in [7, 11) is 1.54. The molecule has 0 fully saturated rings. The van der Waals surface area contributed by atoms with Gasteiger partial charge in [-0.05, 0) is 49.4 Å². The molecule has 3 aromatic rings. The minimum Gasteiger partial charge on any atom is -0.460 e. The molecule has 156 valence electrons. The highest BCUT2D eigenvalue weighted by Crippen LogP contribution is 2.31. The molecule has 2 amide bonds. The van der Waals surface area contributed by atoms with Crippen molar-refractivity contribution in [1.29, 1.82) is 0 Å². The lowest BCUT2D eigenvalue weighted by atomic mass is 10.1. The monoisotopic (exact) mass is 445 g/mol. The first kappa shape index (κ1) is 21.9. The molecule has 8 heteroatoms. The van der Waals surface area contributed by atoms with Crippen molar-refractivity contribution in [1.82, 2.24) is 10.6 Å². The number of halogens is 2. The van der Waals surface area contributed by atoms with Crippen LogP contribution < -0.4 is 16.0 Å². The maximum atomic E-state index is 12.5. The van der Waals surface area contributed by atoms with E-state index in [1.807, 2.05) is 6.07 Å². The molecule has 1 atom stereocenters. The first-order valence-corrected chi connectivity index (χ1v) is 10.0. The summed E-state index contributed by atoms with van der Waals surface area (Å²) in [5, 5.41) is 9.55. The molecule has 0 saturated carbocycles. The first-order valence-electron chi connectivity index (χ1n) is 9.28. The molecular weight excluding hydrogens is 425 g/mol. The average molecular weight is 446 g/mol. The summed E-state index contributed by atoms with van der Waals surface area (Å²) in [5.74, 6) is 0.702. The van der Waals surface area contributed by atoms with Crippen molar-refractivity contribution >= 4 is 40.7 Å². The molecule has 0 radical (unpaired) electrons. The molecule has 0 spiro atoms. The Balaban J connectivity index is 1.62. The van der Waals surface area contributed by atoms with Crippen molar-refractivity contribution in [3.8, 4) is 11.3 Å². The zero-order chi connectivity index (χ0) is 21.7. The Labute approximate surface area is 184 Å². The highest BCUT2D eigenvalue weighted by molar-refractivity contribution is 6.35. The van der Waals surface area contributed by atoms with E-state index in [9.17, 15) is 9.59 Å². The number of nitrogens with one attached hydrogen (secondary N) is 3. The number of carbonyl (C=O) groups is 2. The molecule has 0 aliphatic rings. The van der Waals surface area contributed by atoms with Crippen molar-refractivity contribution in [2.45, 2.75) is 19.5 Å². The van der Waals surface area contributed by atoms with Gasteiger partial charge in [0.2, 0.25) is 5.91 Å². The number of para-hydroxylation sites is 1. The number of hydrogen-bond acceptors (Lipinski definition) is 4. The van der Waals surface area contributed by atoms with E-state index >= 15 is 0 Å². The van der Waals surface area contributed by atoms with E-state index in [4.69, 9.17) is 27.6 Å². The number of carbonyl (C=O) groups excluding carboxylic acids is 2. The Hall–Kier alpha value is -2.80.